The van der Waals surface area contributed by atoms with Crippen molar-refractivity contribution in [3.05, 3.63) is 57.2 Å². The number of benzene rings is 2. The normalized spacial score (nSPS) is 15.6. The summed E-state index contributed by atoms with van der Waals surface area (Å²) in [5, 5.41) is 24.4. The lowest BCUT2D eigenvalue weighted by atomic mass is 9.88. The van der Waals surface area contributed by atoms with Crippen molar-refractivity contribution in [1.29, 1.82) is 10.5 Å². The van der Waals surface area contributed by atoms with Crippen LogP contribution in [0, 0.1) is 26.2 Å². The zero-order chi connectivity index (χ0) is 26.3. The second-order valence-corrected chi connectivity index (χ2v) is 10.8. The van der Waals surface area contributed by atoms with E-state index in [4.69, 9.17) is 14.7 Å². The van der Waals surface area contributed by atoms with Gasteiger partial charge in [0.2, 0.25) is 5.91 Å². The Morgan fingerprint density at radius 1 is 1.11 bits per heavy atom. The third-order valence-electron chi connectivity index (χ3n) is 5.81. The predicted octanol–water partition coefficient (Wildman–Crippen LogP) is 4.45. The van der Waals surface area contributed by atoms with Gasteiger partial charge in [-0.3, -0.25) is 4.79 Å². The molecule has 1 aliphatic heterocycles. The summed E-state index contributed by atoms with van der Waals surface area (Å²) < 4.78 is 11.7. The number of alkyl carbamates (subject to hydrolysis) is 1. The Morgan fingerprint density at radius 2 is 1.75 bits per heavy atom. The lowest BCUT2D eigenvalue weighted by Crippen LogP contribution is -2.63. The van der Waals surface area contributed by atoms with Crippen LogP contribution in [0.3, 0.4) is 0 Å². The minimum Gasteiger partial charge on any atom is -0.444 e. The van der Waals surface area contributed by atoms with Crippen LogP contribution in [0.1, 0.15) is 44.7 Å². The number of nitrogens with one attached hydrogen (secondary N) is 2. The van der Waals surface area contributed by atoms with Crippen LogP contribution in [0.4, 0.5) is 4.79 Å². The molecule has 0 aliphatic carbocycles. The number of hydrogen-bond acceptors (Lipinski definition) is 6. The highest BCUT2D eigenvalue weighted by atomic mass is 127. The van der Waals surface area contributed by atoms with E-state index in [1.165, 1.54) is 0 Å². The highest BCUT2D eigenvalue weighted by molar-refractivity contribution is 14.1. The minimum atomic E-state index is -1.21. The van der Waals surface area contributed by atoms with Crippen LogP contribution in [0.5, 0.6) is 0 Å². The van der Waals surface area contributed by atoms with Crippen molar-refractivity contribution >= 4 is 34.6 Å². The lowest BCUT2D eigenvalue weighted by molar-refractivity contribution is -0.132. The van der Waals surface area contributed by atoms with E-state index in [0.29, 0.717) is 25.2 Å². The van der Waals surface area contributed by atoms with Crippen LogP contribution in [0.15, 0.2) is 42.5 Å². The topological polar surface area (TPSA) is 124 Å². The van der Waals surface area contributed by atoms with Crippen molar-refractivity contribution in [3.63, 3.8) is 0 Å². The summed E-state index contributed by atoms with van der Waals surface area (Å²) >= 11 is 2.22. The first-order chi connectivity index (χ1) is 17.0. The fourth-order valence-electron chi connectivity index (χ4n) is 3.90. The Labute approximate surface area is 225 Å². The Morgan fingerprint density at radius 3 is 2.31 bits per heavy atom. The van der Waals surface area contributed by atoms with E-state index in [-0.39, 0.29) is 12.8 Å². The Bertz CT molecular complexity index is 1190. The number of nitriles is 2. The molecular formula is C27H29IN4O4. The maximum absolute atomic E-state index is 13.3. The number of halogens is 1. The average Bonchev–Trinajstić information content (AvgIpc) is 2.84. The predicted molar refractivity (Wildman–Crippen MR) is 143 cm³/mol. The number of rotatable bonds is 6. The molecule has 3 rings (SSSR count). The van der Waals surface area contributed by atoms with Gasteiger partial charge in [-0.25, -0.2) is 4.79 Å². The molecule has 188 valence electrons. The number of nitrogens with zero attached hydrogens (tertiary/aromatic N) is 2. The largest absolute Gasteiger partial charge is 0.444 e. The molecule has 1 saturated heterocycles. The van der Waals surface area contributed by atoms with E-state index in [1.54, 1.807) is 32.9 Å². The monoisotopic (exact) mass is 600 g/mol. The Balaban J connectivity index is 1.72. The molecule has 1 unspecified atom stereocenters. The van der Waals surface area contributed by atoms with Crippen LogP contribution in [-0.4, -0.2) is 42.4 Å². The van der Waals surface area contributed by atoms with Gasteiger partial charge in [-0.1, -0.05) is 24.3 Å². The molecular weight excluding hydrogens is 571 g/mol. The van der Waals surface area contributed by atoms with Gasteiger partial charge >= 0.3 is 6.09 Å². The summed E-state index contributed by atoms with van der Waals surface area (Å²) in [6.45, 7) is 5.89. The lowest BCUT2D eigenvalue weighted by Gasteiger charge is -2.37. The molecule has 1 heterocycles. The van der Waals surface area contributed by atoms with Crippen molar-refractivity contribution in [2.24, 2.45) is 0 Å². The van der Waals surface area contributed by atoms with Crippen LogP contribution in [0.25, 0.3) is 11.1 Å². The molecule has 0 spiro atoms. The highest BCUT2D eigenvalue weighted by Crippen LogP contribution is 2.26. The first-order valence-corrected chi connectivity index (χ1v) is 12.7. The van der Waals surface area contributed by atoms with Crippen LogP contribution in [-0.2, 0) is 20.7 Å². The number of amides is 2. The number of carbonyl (C=O) groups is 2. The highest BCUT2D eigenvalue weighted by Gasteiger charge is 2.43. The second kappa shape index (κ2) is 11.7. The van der Waals surface area contributed by atoms with Gasteiger partial charge in [0, 0.05) is 36.0 Å². The summed E-state index contributed by atoms with van der Waals surface area (Å²) in [6, 6.07) is 16.7. The molecule has 0 radical (unpaired) electrons. The molecule has 0 saturated carbocycles. The Kier molecular flexibility index (Phi) is 8.93. The molecule has 36 heavy (non-hydrogen) atoms. The molecule has 2 amide bonds. The van der Waals surface area contributed by atoms with Gasteiger partial charge in [-0.05, 0) is 78.3 Å². The van der Waals surface area contributed by atoms with Crippen molar-refractivity contribution in [2.45, 2.75) is 57.2 Å². The zero-order valence-electron chi connectivity index (χ0n) is 20.6. The third-order valence-corrected chi connectivity index (χ3v) is 6.81. The minimum absolute atomic E-state index is 0.285. The van der Waals surface area contributed by atoms with E-state index < -0.39 is 29.2 Å². The van der Waals surface area contributed by atoms with Crippen LogP contribution >= 0.6 is 22.6 Å². The zero-order valence-corrected chi connectivity index (χ0v) is 22.7. The summed E-state index contributed by atoms with van der Waals surface area (Å²) in [7, 11) is 0. The van der Waals surface area contributed by atoms with E-state index in [0.717, 1.165) is 20.3 Å². The van der Waals surface area contributed by atoms with E-state index in [9.17, 15) is 14.9 Å². The van der Waals surface area contributed by atoms with Gasteiger partial charge < -0.3 is 20.1 Å². The fourth-order valence-corrected chi connectivity index (χ4v) is 4.64. The van der Waals surface area contributed by atoms with Gasteiger partial charge in [0.25, 0.3) is 0 Å². The van der Waals surface area contributed by atoms with Gasteiger partial charge in [-0.2, -0.15) is 10.5 Å². The van der Waals surface area contributed by atoms with Crippen LogP contribution < -0.4 is 10.6 Å². The Hall–Kier alpha value is -3.15. The summed E-state index contributed by atoms with van der Waals surface area (Å²) in [6.07, 6.45) is 0.203. The van der Waals surface area contributed by atoms with Crippen molar-refractivity contribution < 1.29 is 19.1 Å². The molecule has 1 aliphatic rings. The van der Waals surface area contributed by atoms with Crippen molar-refractivity contribution in [2.75, 3.05) is 13.2 Å². The molecule has 2 aromatic rings. The molecule has 8 nitrogen and oxygen atoms in total. The quantitative estimate of drug-likeness (QED) is 0.473. The van der Waals surface area contributed by atoms with Gasteiger partial charge in [-0.15, -0.1) is 0 Å². The number of hydrogen-bond donors (Lipinski definition) is 2. The molecule has 1 fully saturated rings. The first-order valence-electron chi connectivity index (χ1n) is 11.6. The molecule has 9 heteroatoms. The van der Waals surface area contributed by atoms with E-state index >= 15 is 0 Å². The molecule has 2 N–H and O–H groups in total. The first kappa shape index (κ1) is 27.4. The molecule has 2 aromatic carbocycles. The van der Waals surface area contributed by atoms with Crippen molar-refractivity contribution in [1.82, 2.24) is 10.6 Å². The maximum Gasteiger partial charge on any atom is 0.408 e. The van der Waals surface area contributed by atoms with Gasteiger partial charge in [0.15, 0.2) is 0 Å². The maximum atomic E-state index is 13.3. The summed E-state index contributed by atoms with van der Waals surface area (Å²) in [4.78, 5) is 25.8. The molecule has 0 bridgehead atoms. The van der Waals surface area contributed by atoms with Crippen LogP contribution in [0.2, 0.25) is 0 Å². The molecule has 1 atom stereocenters. The SMILES string of the molecule is CC(C)(C)OC(=O)NC1(C(=O)NC(C#N)Cc2ccc(-c3ccc(C#N)cc3)cc2I)CCOCC1. The smallest absolute Gasteiger partial charge is 0.408 e. The van der Waals surface area contributed by atoms with E-state index in [1.807, 2.05) is 30.3 Å². The summed E-state index contributed by atoms with van der Waals surface area (Å²) in [5.41, 5.74) is 1.58. The number of carbonyl (C=O) groups excluding carboxylic acids is 2. The van der Waals surface area contributed by atoms with Gasteiger partial charge in [0.05, 0.1) is 17.7 Å². The fraction of sp³-hybridized carbons (Fsp3) is 0.407. The average molecular weight is 600 g/mol. The standard InChI is InChI=1S/C27H29IN4O4/c1-26(2,3)36-25(34)32-27(10-12-35-13-11-27)24(33)31-22(17-30)14-21-9-8-20(15-23(21)28)19-6-4-18(16-29)5-7-19/h4-9,15,22H,10-14H2,1-3H3,(H,31,33)(H,32,34). The van der Waals surface area contributed by atoms with Crippen molar-refractivity contribution in [3.8, 4) is 23.3 Å². The summed E-state index contributed by atoms with van der Waals surface area (Å²) in [5.74, 6) is -0.424. The molecule has 0 aromatic heterocycles. The van der Waals surface area contributed by atoms with Gasteiger partial charge in [0.1, 0.15) is 17.2 Å². The third kappa shape index (κ3) is 7.19. The van der Waals surface area contributed by atoms with E-state index in [2.05, 4.69) is 45.4 Å². The second-order valence-electron chi connectivity index (χ2n) is 9.68. The number of ether oxygens (including phenoxy) is 2.